The molecule has 22 heavy (non-hydrogen) atoms. The third kappa shape index (κ3) is 3.09. The van der Waals surface area contributed by atoms with Gasteiger partial charge in [-0.1, -0.05) is 41.9 Å². The van der Waals surface area contributed by atoms with Crippen molar-refractivity contribution in [3.8, 4) is 0 Å². The lowest BCUT2D eigenvalue weighted by atomic mass is 10.1. The molecule has 3 nitrogen and oxygen atoms in total. The number of carbonyl (C=O) groups excluding carboxylic acids is 1. The van der Waals surface area contributed by atoms with Gasteiger partial charge < -0.3 is 10.2 Å². The first-order chi connectivity index (χ1) is 10.6. The fourth-order valence-corrected chi connectivity index (χ4v) is 3.15. The average Bonchev–Trinajstić information content (AvgIpc) is 2.83. The molecule has 2 aromatic carbocycles. The predicted molar refractivity (Wildman–Crippen MR) is 91.7 cm³/mol. The number of nitrogens with one attached hydrogen (secondary N) is 1. The van der Waals surface area contributed by atoms with Crippen LogP contribution in [0.3, 0.4) is 0 Å². The van der Waals surface area contributed by atoms with Crippen LogP contribution in [0.25, 0.3) is 0 Å². The Morgan fingerprint density at radius 1 is 1.23 bits per heavy atom. The Hall–Kier alpha value is -2.00. The van der Waals surface area contributed by atoms with Crippen molar-refractivity contribution in [3.63, 3.8) is 0 Å². The molecular weight excluding hydrogens is 296 g/mol. The molecule has 0 aliphatic carbocycles. The Labute approximate surface area is 135 Å². The van der Waals surface area contributed by atoms with Crippen molar-refractivity contribution in [2.45, 2.75) is 25.8 Å². The molecule has 1 aliphatic heterocycles. The van der Waals surface area contributed by atoms with E-state index in [0.29, 0.717) is 29.7 Å². The van der Waals surface area contributed by atoms with E-state index < -0.39 is 0 Å². The lowest BCUT2D eigenvalue weighted by molar-refractivity contribution is -0.116. The number of hydrogen-bond donors (Lipinski definition) is 1. The van der Waals surface area contributed by atoms with Gasteiger partial charge in [-0.3, -0.25) is 4.79 Å². The molecule has 0 radical (unpaired) electrons. The Morgan fingerprint density at radius 3 is 2.77 bits per heavy atom. The van der Waals surface area contributed by atoms with Crippen molar-refractivity contribution in [2.24, 2.45) is 0 Å². The number of para-hydroxylation sites is 2. The molecular formula is C18H19ClN2O. The largest absolute Gasteiger partial charge is 0.368 e. The van der Waals surface area contributed by atoms with Crippen LogP contribution in [0.4, 0.5) is 11.4 Å². The first kappa shape index (κ1) is 14.9. The molecule has 0 bridgehead atoms. The molecule has 0 saturated carbocycles. The second kappa shape index (κ2) is 6.41. The number of fused-ring (bicyclic) bond motifs is 1. The topological polar surface area (TPSA) is 32.3 Å². The van der Waals surface area contributed by atoms with Crippen molar-refractivity contribution < 1.29 is 4.79 Å². The van der Waals surface area contributed by atoms with Gasteiger partial charge in [-0.15, -0.1) is 0 Å². The third-order valence-electron chi connectivity index (χ3n) is 4.08. The quantitative estimate of drug-likeness (QED) is 0.920. The monoisotopic (exact) mass is 314 g/mol. The first-order valence-electron chi connectivity index (χ1n) is 7.54. The maximum Gasteiger partial charge on any atom is 0.226 e. The normalized spacial score (nSPS) is 16.5. The van der Waals surface area contributed by atoms with Crippen LogP contribution in [0.15, 0.2) is 48.5 Å². The van der Waals surface area contributed by atoms with E-state index in [0.717, 1.165) is 6.42 Å². The second-order valence-electron chi connectivity index (χ2n) is 5.65. The molecule has 0 unspecified atom stereocenters. The SMILES string of the molecule is C[C@H]1Cc2ccccc2N1CCC(=O)Nc1ccccc1Cl. The fraction of sp³-hybridized carbons (Fsp3) is 0.278. The first-order valence-corrected chi connectivity index (χ1v) is 7.92. The minimum absolute atomic E-state index is 0.00955. The zero-order valence-corrected chi connectivity index (χ0v) is 13.3. The van der Waals surface area contributed by atoms with Gasteiger partial charge in [-0.2, -0.15) is 0 Å². The van der Waals surface area contributed by atoms with Crippen molar-refractivity contribution in [1.29, 1.82) is 0 Å². The highest BCUT2D eigenvalue weighted by Crippen LogP contribution is 2.31. The summed E-state index contributed by atoms with van der Waals surface area (Å²) in [5, 5.41) is 3.44. The van der Waals surface area contributed by atoms with E-state index >= 15 is 0 Å². The maximum atomic E-state index is 12.1. The number of anilines is 2. The molecule has 1 aliphatic rings. The summed E-state index contributed by atoms with van der Waals surface area (Å²) in [5.41, 5.74) is 3.28. The minimum Gasteiger partial charge on any atom is -0.368 e. The molecule has 114 valence electrons. The number of nitrogens with zero attached hydrogens (tertiary/aromatic N) is 1. The molecule has 1 amide bonds. The van der Waals surface area contributed by atoms with E-state index in [1.165, 1.54) is 11.3 Å². The molecule has 0 aromatic heterocycles. The molecule has 4 heteroatoms. The average molecular weight is 315 g/mol. The molecule has 0 spiro atoms. The lowest BCUT2D eigenvalue weighted by Crippen LogP contribution is -2.32. The molecule has 0 saturated heterocycles. The van der Waals surface area contributed by atoms with Crippen LogP contribution in [0.2, 0.25) is 5.02 Å². The van der Waals surface area contributed by atoms with Gasteiger partial charge in [0, 0.05) is 24.7 Å². The fourth-order valence-electron chi connectivity index (χ4n) is 2.97. The molecule has 1 heterocycles. The predicted octanol–water partition coefficient (Wildman–Crippen LogP) is 4.12. The standard InChI is InChI=1S/C18H19ClN2O/c1-13-12-14-6-2-5-9-17(14)21(13)11-10-18(22)20-16-8-4-3-7-15(16)19/h2-9,13H,10-12H2,1H3,(H,20,22)/t13-/m0/s1. The number of benzene rings is 2. The van der Waals surface area contributed by atoms with Gasteiger partial charge in [0.2, 0.25) is 5.91 Å². The van der Waals surface area contributed by atoms with E-state index in [4.69, 9.17) is 11.6 Å². The Morgan fingerprint density at radius 2 is 1.95 bits per heavy atom. The Balaban J connectivity index is 1.61. The highest BCUT2D eigenvalue weighted by Gasteiger charge is 2.25. The summed E-state index contributed by atoms with van der Waals surface area (Å²) in [5.74, 6) is -0.00955. The van der Waals surface area contributed by atoms with Crippen LogP contribution in [0.1, 0.15) is 18.9 Å². The Bertz CT molecular complexity index is 686. The summed E-state index contributed by atoms with van der Waals surface area (Å²) < 4.78 is 0. The van der Waals surface area contributed by atoms with E-state index in [1.807, 2.05) is 24.3 Å². The van der Waals surface area contributed by atoms with Crippen LogP contribution < -0.4 is 10.2 Å². The second-order valence-corrected chi connectivity index (χ2v) is 6.06. The van der Waals surface area contributed by atoms with Crippen molar-refractivity contribution >= 4 is 28.9 Å². The summed E-state index contributed by atoms with van der Waals surface area (Å²) in [6.45, 7) is 2.92. The Kier molecular flexibility index (Phi) is 4.34. The molecule has 0 fully saturated rings. The van der Waals surface area contributed by atoms with Gasteiger partial charge >= 0.3 is 0 Å². The number of rotatable bonds is 4. The van der Waals surface area contributed by atoms with E-state index in [1.54, 1.807) is 6.07 Å². The summed E-state index contributed by atoms with van der Waals surface area (Å²) in [6, 6.07) is 16.1. The van der Waals surface area contributed by atoms with Crippen LogP contribution in [0.5, 0.6) is 0 Å². The van der Waals surface area contributed by atoms with E-state index in [9.17, 15) is 4.79 Å². The van der Waals surface area contributed by atoms with Crippen molar-refractivity contribution in [3.05, 3.63) is 59.1 Å². The van der Waals surface area contributed by atoms with Gasteiger partial charge in [-0.25, -0.2) is 0 Å². The maximum absolute atomic E-state index is 12.1. The number of halogens is 1. The van der Waals surface area contributed by atoms with Crippen molar-refractivity contribution in [1.82, 2.24) is 0 Å². The number of hydrogen-bond acceptors (Lipinski definition) is 2. The molecule has 2 aromatic rings. The zero-order valence-electron chi connectivity index (χ0n) is 12.6. The smallest absolute Gasteiger partial charge is 0.226 e. The van der Waals surface area contributed by atoms with Crippen LogP contribution in [-0.2, 0) is 11.2 Å². The molecule has 1 N–H and O–H groups in total. The lowest BCUT2D eigenvalue weighted by Gasteiger charge is -2.24. The van der Waals surface area contributed by atoms with Crippen molar-refractivity contribution in [2.75, 3.05) is 16.8 Å². The van der Waals surface area contributed by atoms with Gasteiger partial charge in [0.25, 0.3) is 0 Å². The summed E-state index contributed by atoms with van der Waals surface area (Å²) >= 11 is 6.06. The van der Waals surface area contributed by atoms with Gasteiger partial charge in [0.1, 0.15) is 0 Å². The van der Waals surface area contributed by atoms with E-state index in [-0.39, 0.29) is 5.91 Å². The zero-order chi connectivity index (χ0) is 15.5. The molecule has 1 atom stereocenters. The number of carbonyl (C=O) groups is 1. The van der Waals surface area contributed by atoms with Crippen LogP contribution >= 0.6 is 11.6 Å². The van der Waals surface area contributed by atoms with Crippen LogP contribution in [0, 0.1) is 0 Å². The number of amides is 1. The van der Waals surface area contributed by atoms with Crippen LogP contribution in [-0.4, -0.2) is 18.5 Å². The van der Waals surface area contributed by atoms with E-state index in [2.05, 4.69) is 35.3 Å². The van der Waals surface area contributed by atoms with Gasteiger partial charge in [0.15, 0.2) is 0 Å². The summed E-state index contributed by atoms with van der Waals surface area (Å²) in [4.78, 5) is 14.5. The summed E-state index contributed by atoms with van der Waals surface area (Å²) in [6.07, 6.45) is 1.49. The van der Waals surface area contributed by atoms with Gasteiger partial charge in [0.05, 0.1) is 10.7 Å². The summed E-state index contributed by atoms with van der Waals surface area (Å²) in [7, 11) is 0. The molecule has 3 rings (SSSR count). The highest BCUT2D eigenvalue weighted by atomic mass is 35.5. The minimum atomic E-state index is -0.00955. The third-order valence-corrected chi connectivity index (χ3v) is 4.41. The van der Waals surface area contributed by atoms with Gasteiger partial charge in [-0.05, 0) is 37.1 Å². The highest BCUT2D eigenvalue weighted by molar-refractivity contribution is 6.33.